The highest BCUT2D eigenvalue weighted by Gasteiger charge is 2.35. The van der Waals surface area contributed by atoms with E-state index in [2.05, 4.69) is 11.8 Å². The van der Waals surface area contributed by atoms with Gasteiger partial charge in [0.05, 0.1) is 13.0 Å². The third-order valence-electron chi connectivity index (χ3n) is 4.07. The van der Waals surface area contributed by atoms with E-state index in [1.807, 2.05) is 44.2 Å². The first-order chi connectivity index (χ1) is 10.3. The van der Waals surface area contributed by atoms with E-state index in [0.717, 1.165) is 25.1 Å². The molecule has 0 bridgehead atoms. The van der Waals surface area contributed by atoms with Crippen molar-refractivity contribution in [3.05, 3.63) is 35.9 Å². The molecule has 1 aromatic rings. The Hall–Kier alpha value is -1.35. The molecule has 1 saturated heterocycles. The number of nitrogens with zero attached hydrogens (tertiary/aromatic N) is 1. The van der Waals surface area contributed by atoms with Crippen molar-refractivity contribution >= 4 is 5.97 Å². The van der Waals surface area contributed by atoms with Gasteiger partial charge in [-0.25, -0.2) is 0 Å². The van der Waals surface area contributed by atoms with Crippen LogP contribution in [-0.2, 0) is 9.53 Å². The van der Waals surface area contributed by atoms with Crippen molar-refractivity contribution in [2.45, 2.75) is 52.0 Å². The fourth-order valence-electron chi connectivity index (χ4n) is 3.09. The van der Waals surface area contributed by atoms with E-state index in [9.17, 15) is 4.79 Å². The molecule has 1 aromatic carbocycles. The number of hydrogen-bond donors (Lipinski definition) is 0. The first-order valence-corrected chi connectivity index (χ1v) is 8.14. The fourth-order valence-corrected chi connectivity index (χ4v) is 3.09. The van der Waals surface area contributed by atoms with Gasteiger partial charge in [-0.1, -0.05) is 57.5 Å². The minimum Gasteiger partial charge on any atom is -0.469 e. The molecule has 2 unspecified atom stereocenters. The third-order valence-corrected chi connectivity index (χ3v) is 4.07. The summed E-state index contributed by atoms with van der Waals surface area (Å²) in [5, 5.41) is 0. The van der Waals surface area contributed by atoms with Crippen LogP contribution < -0.4 is 0 Å². The molecule has 0 radical (unpaired) electrons. The van der Waals surface area contributed by atoms with Crippen LogP contribution in [-0.4, -0.2) is 37.1 Å². The van der Waals surface area contributed by atoms with Crippen LogP contribution >= 0.6 is 0 Å². The lowest BCUT2D eigenvalue weighted by atomic mass is 9.85. The molecule has 0 aromatic heterocycles. The zero-order valence-corrected chi connectivity index (χ0v) is 13.8. The molecule has 0 saturated carbocycles. The number of likely N-dealkylation sites (N-methyl/N-ethyl adjacent to an activating group) is 1. The van der Waals surface area contributed by atoms with Crippen LogP contribution in [0.4, 0.5) is 0 Å². The molecule has 21 heavy (non-hydrogen) atoms. The Balaban J connectivity index is 0.00000106. The van der Waals surface area contributed by atoms with E-state index in [1.54, 1.807) is 0 Å². The molecule has 1 aliphatic rings. The number of piperidine rings is 1. The summed E-state index contributed by atoms with van der Waals surface area (Å²) < 4.78 is 5.05. The van der Waals surface area contributed by atoms with Gasteiger partial charge < -0.3 is 4.74 Å². The van der Waals surface area contributed by atoms with E-state index in [1.165, 1.54) is 20.0 Å². The maximum absolute atomic E-state index is 12.2. The molecule has 0 N–H and O–H groups in total. The Labute approximate surface area is 129 Å². The Kier molecular flexibility index (Phi) is 8.06. The number of esters is 1. The number of hydrogen-bond acceptors (Lipinski definition) is 3. The molecule has 3 heteroatoms. The normalized spacial score (nSPS) is 20.1. The largest absolute Gasteiger partial charge is 0.469 e. The predicted octanol–water partition coefficient (Wildman–Crippen LogP) is 3.84. The van der Waals surface area contributed by atoms with Crippen molar-refractivity contribution in [2.75, 3.05) is 20.2 Å². The van der Waals surface area contributed by atoms with Crippen LogP contribution in [0.1, 0.15) is 51.5 Å². The molecule has 0 amide bonds. The molecule has 0 spiro atoms. The third kappa shape index (κ3) is 4.57. The summed E-state index contributed by atoms with van der Waals surface area (Å²) in [7, 11) is 1.48. The second-order valence-corrected chi connectivity index (χ2v) is 5.10. The van der Waals surface area contributed by atoms with Gasteiger partial charge >= 0.3 is 5.97 Å². The number of rotatable bonds is 4. The van der Waals surface area contributed by atoms with Crippen LogP contribution in [0.25, 0.3) is 0 Å². The van der Waals surface area contributed by atoms with E-state index in [0.29, 0.717) is 0 Å². The number of methoxy groups -OCH3 is 1. The highest BCUT2D eigenvalue weighted by molar-refractivity contribution is 5.79. The van der Waals surface area contributed by atoms with Crippen molar-refractivity contribution in [3.8, 4) is 0 Å². The van der Waals surface area contributed by atoms with E-state index in [4.69, 9.17) is 4.74 Å². The molecule has 118 valence electrons. The highest BCUT2D eigenvalue weighted by atomic mass is 16.5. The number of carbonyl (C=O) groups excluding carboxylic acids is 1. The maximum atomic E-state index is 12.2. The Morgan fingerprint density at radius 1 is 1.29 bits per heavy atom. The van der Waals surface area contributed by atoms with Gasteiger partial charge in [-0.05, 0) is 31.5 Å². The fraction of sp³-hybridized carbons (Fsp3) is 0.611. The van der Waals surface area contributed by atoms with E-state index in [-0.39, 0.29) is 17.9 Å². The van der Waals surface area contributed by atoms with Gasteiger partial charge in [-0.3, -0.25) is 9.69 Å². The summed E-state index contributed by atoms with van der Waals surface area (Å²) in [5.41, 5.74) is 1.07. The van der Waals surface area contributed by atoms with Gasteiger partial charge in [-0.2, -0.15) is 0 Å². The lowest BCUT2D eigenvalue weighted by Gasteiger charge is -2.38. The Morgan fingerprint density at radius 3 is 2.52 bits per heavy atom. The van der Waals surface area contributed by atoms with E-state index < -0.39 is 0 Å². The summed E-state index contributed by atoms with van der Waals surface area (Å²) in [6.07, 6.45) is 3.50. The molecule has 2 atom stereocenters. The van der Waals surface area contributed by atoms with Crippen molar-refractivity contribution in [1.29, 1.82) is 0 Å². The van der Waals surface area contributed by atoms with Crippen LogP contribution in [0.15, 0.2) is 30.3 Å². The minimum atomic E-state index is -0.161. The average molecular weight is 291 g/mol. The molecule has 1 heterocycles. The standard InChI is InChI=1S/C16H23NO2.C2H6/c1-3-17-12-8-7-11-14(17)15(16(18)19-2)13-9-5-4-6-10-13;1-2/h4-6,9-10,14-15H,3,7-8,11-12H2,1-2H3;1-2H3. The summed E-state index contributed by atoms with van der Waals surface area (Å²) >= 11 is 0. The van der Waals surface area contributed by atoms with Gasteiger partial charge in [0.2, 0.25) is 0 Å². The summed E-state index contributed by atoms with van der Waals surface area (Å²) in [6.45, 7) is 8.24. The maximum Gasteiger partial charge on any atom is 0.314 e. The van der Waals surface area contributed by atoms with Crippen LogP contribution in [0.5, 0.6) is 0 Å². The Bertz CT molecular complexity index is 405. The molecule has 3 nitrogen and oxygen atoms in total. The number of likely N-dealkylation sites (tertiary alicyclic amines) is 1. The molecule has 1 aliphatic heterocycles. The van der Waals surface area contributed by atoms with Gasteiger partial charge in [0.25, 0.3) is 0 Å². The lowest BCUT2D eigenvalue weighted by molar-refractivity contribution is -0.144. The molecule has 2 rings (SSSR count). The van der Waals surface area contributed by atoms with Crippen LogP contribution in [0.3, 0.4) is 0 Å². The highest BCUT2D eigenvalue weighted by Crippen LogP contribution is 2.31. The zero-order chi connectivity index (χ0) is 15.7. The second kappa shape index (κ2) is 9.56. The minimum absolute atomic E-state index is 0.114. The second-order valence-electron chi connectivity index (χ2n) is 5.10. The summed E-state index contributed by atoms with van der Waals surface area (Å²) in [5.74, 6) is -0.275. The summed E-state index contributed by atoms with van der Waals surface area (Å²) in [4.78, 5) is 14.6. The Morgan fingerprint density at radius 2 is 1.95 bits per heavy atom. The lowest BCUT2D eigenvalue weighted by Crippen LogP contribution is -2.45. The number of ether oxygens (including phenoxy) is 1. The number of carbonyl (C=O) groups is 1. The van der Waals surface area contributed by atoms with Crippen LogP contribution in [0, 0.1) is 0 Å². The van der Waals surface area contributed by atoms with Crippen molar-refractivity contribution in [1.82, 2.24) is 4.90 Å². The first-order valence-electron chi connectivity index (χ1n) is 8.14. The van der Waals surface area contributed by atoms with Gasteiger partial charge in [-0.15, -0.1) is 0 Å². The quantitative estimate of drug-likeness (QED) is 0.789. The van der Waals surface area contributed by atoms with Gasteiger partial charge in [0.1, 0.15) is 0 Å². The van der Waals surface area contributed by atoms with Gasteiger partial charge in [0, 0.05) is 6.04 Å². The summed E-state index contributed by atoms with van der Waals surface area (Å²) in [6, 6.07) is 10.3. The molecular weight excluding hydrogens is 262 g/mol. The smallest absolute Gasteiger partial charge is 0.314 e. The van der Waals surface area contributed by atoms with Crippen molar-refractivity contribution in [3.63, 3.8) is 0 Å². The first kappa shape index (κ1) is 17.7. The number of benzene rings is 1. The molecule has 1 fully saturated rings. The van der Waals surface area contributed by atoms with Crippen LogP contribution in [0.2, 0.25) is 0 Å². The molecule has 0 aliphatic carbocycles. The van der Waals surface area contributed by atoms with Gasteiger partial charge in [0.15, 0.2) is 0 Å². The monoisotopic (exact) mass is 291 g/mol. The molecular formula is C18H29NO2. The average Bonchev–Trinajstić information content (AvgIpc) is 2.58. The SMILES string of the molecule is CC.CCN1CCCCC1C(C(=O)OC)c1ccccc1. The predicted molar refractivity (Wildman–Crippen MR) is 87.4 cm³/mol. The topological polar surface area (TPSA) is 29.5 Å². The van der Waals surface area contributed by atoms with E-state index >= 15 is 0 Å². The van der Waals surface area contributed by atoms with Crippen molar-refractivity contribution in [2.24, 2.45) is 0 Å². The zero-order valence-electron chi connectivity index (χ0n) is 13.8. The van der Waals surface area contributed by atoms with Crippen molar-refractivity contribution < 1.29 is 9.53 Å².